The summed E-state index contributed by atoms with van der Waals surface area (Å²) < 4.78 is 26.3. The predicted octanol–water partition coefficient (Wildman–Crippen LogP) is 2.40. The summed E-state index contributed by atoms with van der Waals surface area (Å²) in [6, 6.07) is 3.79. The van der Waals surface area contributed by atoms with Crippen LogP contribution in [0.2, 0.25) is 0 Å². The zero-order valence-corrected chi connectivity index (χ0v) is 11.0. The molecule has 1 aromatic rings. The number of halogens is 2. The average Bonchev–Trinajstić information content (AvgIpc) is 3.02. The molecule has 1 aliphatic carbocycles. The molecule has 0 saturated heterocycles. The van der Waals surface area contributed by atoms with E-state index >= 15 is 0 Å². The lowest BCUT2D eigenvalue weighted by molar-refractivity contribution is 0.249. The van der Waals surface area contributed by atoms with Gasteiger partial charge in [-0.1, -0.05) is 6.07 Å². The molecule has 0 aliphatic heterocycles. The highest BCUT2D eigenvalue weighted by atomic mass is 19.1. The van der Waals surface area contributed by atoms with E-state index in [0.29, 0.717) is 17.5 Å². The number of nitrogens with one attached hydrogen (secondary N) is 1. The van der Waals surface area contributed by atoms with Gasteiger partial charge >= 0.3 is 0 Å². The average molecular weight is 254 g/mol. The number of nitrogens with zero attached hydrogens (tertiary/aromatic N) is 1. The van der Waals surface area contributed by atoms with E-state index < -0.39 is 11.6 Å². The summed E-state index contributed by atoms with van der Waals surface area (Å²) >= 11 is 0. The van der Waals surface area contributed by atoms with E-state index in [1.807, 2.05) is 14.1 Å². The molecule has 100 valence electrons. The maximum atomic E-state index is 13.5. The van der Waals surface area contributed by atoms with Crippen LogP contribution in [0.5, 0.6) is 0 Å². The van der Waals surface area contributed by atoms with Crippen molar-refractivity contribution >= 4 is 0 Å². The molecule has 0 bridgehead atoms. The quantitative estimate of drug-likeness (QED) is 0.838. The maximum Gasteiger partial charge on any atom is 0.130 e. The van der Waals surface area contributed by atoms with Gasteiger partial charge in [-0.15, -0.1) is 0 Å². The van der Waals surface area contributed by atoms with Crippen molar-refractivity contribution in [2.75, 3.05) is 27.2 Å². The second kappa shape index (κ2) is 5.33. The van der Waals surface area contributed by atoms with Crippen LogP contribution in [-0.2, 0) is 6.54 Å². The van der Waals surface area contributed by atoms with Crippen LogP contribution in [0.15, 0.2) is 18.2 Å². The first-order chi connectivity index (χ1) is 8.54. The summed E-state index contributed by atoms with van der Waals surface area (Å²) in [5.41, 5.74) is 0.916. The Labute approximate surface area is 107 Å². The van der Waals surface area contributed by atoms with E-state index in [4.69, 9.17) is 0 Å². The third kappa shape index (κ3) is 3.27. The Morgan fingerprint density at radius 2 is 2.06 bits per heavy atom. The minimum absolute atomic E-state index is 0.361. The molecule has 18 heavy (non-hydrogen) atoms. The monoisotopic (exact) mass is 254 g/mol. The first-order valence-electron chi connectivity index (χ1n) is 6.32. The van der Waals surface area contributed by atoms with Crippen LogP contribution in [0.25, 0.3) is 0 Å². The van der Waals surface area contributed by atoms with Crippen molar-refractivity contribution in [2.45, 2.75) is 19.4 Å². The Morgan fingerprint density at radius 3 is 2.61 bits per heavy atom. The van der Waals surface area contributed by atoms with E-state index in [2.05, 4.69) is 10.2 Å². The van der Waals surface area contributed by atoms with Crippen LogP contribution in [-0.4, -0.2) is 32.1 Å². The number of rotatable bonds is 6. The molecule has 2 rings (SSSR count). The Balaban J connectivity index is 1.93. The largest absolute Gasteiger partial charge is 0.319 e. The molecule has 1 aromatic carbocycles. The minimum atomic E-state index is -0.521. The molecule has 0 unspecified atom stereocenters. The molecule has 0 heterocycles. The first-order valence-corrected chi connectivity index (χ1v) is 6.32. The fraction of sp³-hybridized carbons (Fsp3) is 0.571. The Hall–Kier alpha value is -1.00. The summed E-state index contributed by atoms with van der Waals surface area (Å²) in [5.74, 6) is -0.979. The molecule has 0 atom stereocenters. The number of benzene rings is 1. The lowest BCUT2D eigenvalue weighted by Gasteiger charge is -2.23. The van der Waals surface area contributed by atoms with Crippen molar-refractivity contribution in [2.24, 2.45) is 5.41 Å². The SMILES string of the molecule is CNCC1(CN(C)Cc2ccc(F)cc2F)CC1. The second-order valence-corrected chi connectivity index (χ2v) is 5.44. The lowest BCUT2D eigenvalue weighted by Crippen LogP contribution is -2.32. The molecule has 1 N–H and O–H groups in total. The van der Waals surface area contributed by atoms with Gasteiger partial charge in [0, 0.05) is 31.3 Å². The first kappa shape index (κ1) is 13.4. The van der Waals surface area contributed by atoms with Crippen LogP contribution in [0, 0.1) is 17.0 Å². The van der Waals surface area contributed by atoms with Gasteiger partial charge in [-0.05, 0) is 38.4 Å². The van der Waals surface area contributed by atoms with Crippen LogP contribution < -0.4 is 5.32 Å². The predicted molar refractivity (Wildman–Crippen MR) is 68.3 cm³/mol. The molecular weight excluding hydrogens is 234 g/mol. The Bertz CT molecular complexity index is 416. The van der Waals surface area contributed by atoms with Crippen molar-refractivity contribution < 1.29 is 8.78 Å². The van der Waals surface area contributed by atoms with Crippen LogP contribution in [0.4, 0.5) is 8.78 Å². The van der Waals surface area contributed by atoms with Gasteiger partial charge in [0.25, 0.3) is 0 Å². The molecular formula is C14H20F2N2. The fourth-order valence-electron chi connectivity index (χ4n) is 2.51. The van der Waals surface area contributed by atoms with Gasteiger partial charge in [-0.3, -0.25) is 0 Å². The molecule has 1 saturated carbocycles. The third-order valence-electron chi connectivity index (χ3n) is 3.57. The van der Waals surface area contributed by atoms with Crippen molar-refractivity contribution in [3.8, 4) is 0 Å². The standard InChI is InChI=1S/C14H20F2N2/c1-17-9-14(5-6-14)10-18(2)8-11-3-4-12(15)7-13(11)16/h3-4,7,17H,5-6,8-10H2,1-2H3. The van der Waals surface area contributed by atoms with E-state index in [9.17, 15) is 8.78 Å². The summed E-state index contributed by atoms with van der Waals surface area (Å²) in [6.07, 6.45) is 2.45. The van der Waals surface area contributed by atoms with Gasteiger partial charge < -0.3 is 10.2 Å². The summed E-state index contributed by atoms with van der Waals surface area (Å²) in [5, 5.41) is 3.21. The normalized spacial score (nSPS) is 17.2. The highest BCUT2D eigenvalue weighted by molar-refractivity contribution is 5.18. The number of hydrogen-bond acceptors (Lipinski definition) is 2. The lowest BCUT2D eigenvalue weighted by atomic mass is 10.1. The van der Waals surface area contributed by atoms with Crippen molar-refractivity contribution in [1.82, 2.24) is 10.2 Å². The molecule has 1 aliphatic rings. The third-order valence-corrected chi connectivity index (χ3v) is 3.57. The van der Waals surface area contributed by atoms with Crippen LogP contribution >= 0.6 is 0 Å². The topological polar surface area (TPSA) is 15.3 Å². The summed E-state index contributed by atoms with van der Waals surface area (Å²) in [6.45, 7) is 2.48. The van der Waals surface area contributed by atoms with E-state index in [1.54, 1.807) is 0 Å². The summed E-state index contributed by atoms with van der Waals surface area (Å²) in [4.78, 5) is 2.11. The van der Waals surface area contributed by atoms with E-state index in [0.717, 1.165) is 19.2 Å². The van der Waals surface area contributed by atoms with Gasteiger partial charge in [0.15, 0.2) is 0 Å². The highest BCUT2D eigenvalue weighted by Crippen LogP contribution is 2.45. The minimum Gasteiger partial charge on any atom is -0.319 e. The van der Waals surface area contributed by atoms with Crippen LogP contribution in [0.3, 0.4) is 0 Å². The van der Waals surface area contributed by atoms with Crippen LogP contribution in [0.1, 0.15) is 18.4 Å². The van der Waals surface area contributed by atoms with E-state index in [-0.39, 0.29) is 0 Å². The van der Waals surface area contributed by atoms with Gasteiger partial charge in [0.1, 0.15) is 11.6 Å². The zero-order chi connectivity index (χ0) is 13.2. The van der Waals surface area contributed by atoms with Gasteiger partial charge in [0.2, 0.25) is 0 Å². The molecule has 4 heteroatoms. The smallest absolute Gasteiger partial charge is 0.130 e. The number of hydrogen-bond donors (Lipinski definition) is 1. The van der Waals surface area contributed by atoms with Gasteiger partial charge in [-0.25, -0.2) is 8.78 Å². The van der Waals surface area contributed by atoms with Crippen molar-refractivity contribution in [1.29, 1.82) is 0 Å². The summed E-state index contributed by atoms with van der Waals surface area (Å²) in [7, 11) is 3.94. The Kier molecular flexibility index (Phi) is 3.97. The zero-order valence-electron chi connectivity index (χ0n) is 11.0. The molecule has 0 aromatic heterocycles. The van der Waals surface area contributed by atoms with Crippen molar-refractivity contribution in [3.05, 3.63) is 35.4 Å². The van der Waals surface area contributed by atoms with E-state index in [1.165, 1.54) is 25.0 Å². The van der Waals surface area contributed by atoms with Crippen molar-refractivity contribution in [3.63, 3.8) is 0 Å². The highest BCUT2D eigenvalue weighted by Gasteiger charge is 2.42. The molecule has 0 radical (unpaired) electrons. The van der Waals surface area contributed by atoms with Gasteiger partial charge in [0.05, 0.1) is 0 Å². The molecule has 0 amide bonds. The maximum absolute atomic E-state index is 13.5. The van der Waals surface area contributed by atoms with Gasteiger partial charge in [-0.2, -0.15) is 0 Å². The molecule has 0 spiro atoms. The fourth-order valence-corrected chi connectivity index (χ4v) is 2.51. The molecule has 1 fully saturated rings. The second-order valence-electron chi connectivity index (χ2n) is 5.44. The Morgan fingerprint density at radius 1 is 1.33 bits per heavy atom. The molecule has 2 nitrogen and oxygen atoms in total.